The van der Waals surface area contributed by atoms with Gasteiger partial charge < -0.3 is 14.7 Å². The third-order valence-corrected chi connectivity index (χ3v) is 5.90. The van der Waals surface area contributed by atoms with E-state index in [1.807, 2.05) is 32.9 Å². The number of nitrogens with zero attached hydrogens (tertiary/aromatic N) is 3. The molecule has 1 aromatic carbocycles. The average molecular weight is 458 g/mol. The summed E-state index contributed by atoms with van der Waals surface area (Å²) in [5, 5.41) is 11.4. The highest BCUT2D eigenvalue weighted by Gasteiger charge is 2.46. The Kier molecular flexibility index (Phi) is 6.20. The second kappa shape index (κ2) is 9.09. The largest absolute Gasteiger partial charge is 0.507 e. The number of methoxy groups -OCH3 is 1. The minimum Gasteiger partial charge on any atom is -0.507 e. The zero-order valence-corrected chi connectivity index (χ0v) is 19.6. The minimum absolute atomic E-state index is 0.0390. The molecule has 0 aliphatic carbocycles. The highest BCUT2D eigenvalue weighted by Crippen LogP contribution is 2.41. The summed E-state index contributed by atoms with van der Waals surface area (Å²) < 4.78 is 5.50. The van der Waals surface area contributed by atoms with Gasteiger partial charge in [0.05, 0.1) is 31.0 Å². The second-order valence-electron chi connectivity index (χ2n) is 9.19. The second-order valence-corrected chi connectivity index (χ2v) is 9.19. The summed E-state index contributed by atoms with van der Waals surface area (Å²) in [5.41, 5.74) is 2.41. The first-order valence-corrected chi connectivity index (χ1v) is 11.0. The maximum atomic E-state index is 13.2. The quantitative estimate of drug-likeness (QED) is 0.347. The van der Waals surface area contributed by atoms with Gasteiger partial charge in [-0.3, -0.25) is 19.6 Å². The molecule has 1 atom stereocenters. The van der Waals surface area contributed by atoms with Gasteiger partial charge in [0, 0.05) is 29.7 Å². The molecule has 1 saturated heterocycles. The van der Waals surface area contributed by atoms with Gasteiger partial charge in [-0.15, -0.1) is 0 Å². The lowest BCUT2D eigenvalue weighted by Crippen LogP contribution is -2.29. The van der Waals surface area contributed by atoms with Gasteiger partial charge in [-0.1, -0.05) is 26.8 Å². The molecule has 34 heavy (non-hydrogen) atoms. The number of pyridine rings is 2. The summed E-state index contributed by atoms with van der Waals surface area (Å²) in [6.07, 6.45) is 4.83. The predicted octanol–water partition coefficient (Wildman–Crippen LogP) is 4.40. The lowest BCUT2D eigenvalue weighted by atomic mass is 9.84. The van der Waals surface area contributed by atoms with Crippen LogP contribution in [0.15, 0.2) is 72.7 Å². The van der Waals surface area contributed by atoms with Crippen molar-refractivity contribution in [2.75, 3.05) is 7.11 Å². The van der Waals surface area contributed by atoms with E-state index in [4.69, 9.17) is 4.74 Å². The van der Waals surface area contributed by atoms with Crippen LogP contribution in [0.2, 0.25) is 0 Å². The molecule has 1 unspecified atom stereocenters. The van der Waals surface area contributed by atoms with Gasteiger partial charge in [0.25, 0.3) is 11.7 Å². The Hall–Kier alpha value is -4.00. The molecule has 0 radical (unpaired) electrons. The van der Waals surface area contributed by atoms with Crippen molar-refractivity contribution < 1.29 is 19.4 Å². The van der Waals surface area contributed by atoms with E-state index in [1.165, 1.54) is 4.90 Å². The molecule has 1 fully saturated rings. The summed E-state index contributed by atoms with van der Waals surface area (Å²) >= 11 is 0. The minimum atomic E-state index is -0.773. The third-order valence-electron chi connectivity index (χ3n) is 5.90. The molecule has 0 spiro atoms. The number of likely N-dealkylation sites (tertiary alicyclic amines) is 1. The van der Waals surface area contributed by atoms with Crippen molar-refractivity contribution in [2.45, 2.75) is 38.8 Å². The number of rotatable bonds is 5. The molecular formula is C27H27N3O4. The first-order chi connectivity index (χ1) is 16.2. The molecule has 1 N–H and O–H groups in total. The Morgan fingerprint density at radius 1 is 1.06 bits per heavy atom. The summed E-state index contributed by atoms with van der Waals surface area (Å²) in [7, 11) is 1.59. The number of carbonyl (C=O) groups excluding carboxylic acids is 2. The van der Waals surface area contributed by atoms with E-state index in [0.29, 0.717) is 22.6 Å². The summed E-state index contributed by atoms with van der Waals surface area (Å²) in [6, 6.07) is 13.4. The van der Waals surface area contributed by atoms with Crippen molar-refractivity contribution in [3.05, 3.63) is 95.1 Å². The highest BCUT2D eigenvalue weighted by atomic mass is 16.5. The normalized spacial score (nSPS) is 17.8. The number of carbonyl (C=O) groups is 2. The van der Waals surface area contributed by atoms with Crippen LogP contribution in [0, 0.1) is 0 Å². The number of ether oxygens (including phenoxy) is 1. The van der Waals surface area contributed by atoms with Crippen LogP contribution >= 0.6 is 0 Å². The number of hydrogen-bond acceptors (Lipinski definition) is 6. The van der Waals surface area contributed by atoms with Gasteiger partial charge >= 0.3 is 0 Å². The van der Waals surface area contributed by atoms with Crippen molar-refractivity contribution in [3.8, 4) is 5.75 Å². The molecule has 0 saturated carbocycles. The van der Waals surface area contributed by atoms with Crippen molar-refractivity contribution in [3.63, 3.8) is 0 Å². The van der Waals surface area contributed by atoms with Crippen LogP contribution < -0.4 is 4.74 Å². The van der Waals surface area contributed by atoms with Crippen LogP contribution in [0.5, 0.6) is 5.75 Å². The van der Waals surface area contributed by atoms with Gasteiger partial charge in [0.2, 0.25) is 0 Å². The molecule has 7 heteroatoms. The number of Topliss-reactive ketones (excluding diaryl/α,β-unsaturated/α-hetero) is 1. The molecular weight excluding hydrogens is 430 g/mol. The molecule has 2 aromatic heterocycles. The lowest BCUT2D eigenvalue weighted by molar-refractivity contribution is -0.140. The Bertz CT molecular complexity index is 1250. The zero-order valence-electron chi connectivity index (χ0n) is 19.6. The number of amides is 1. The highest BCUT2D eigenvalue weighted by molar-refractivity contribution is 6.46. The smallest absolute Gasteiger partial charge is 0.296 e. The van der Waals surface area contributed by atoms with Crippen LogP contribution in [0.1, 0.15) is 49.2 Å². The standard InChI is InChI=1S/C27H27N3O4/c1-27(2,3)20-15-18(8-9-21(20)34-4)24(31)22-23(17-10-13-28-14-11-17)30(26(33)25(22)32)16-19-7-5-6-12-29-19/h5-15,23,31H,16H2,1-4H3/b24-22-. The number of aliphatic hydroxyl groups excluding tert-OH is 1. The molecule has 3 aromatic rings. The molecule has 174 valence electrons. The van der Waals surface area contributed by atoms with E-state index in [1.54, 1.807) is 62.1 Å². The van der Waals surface area contributed by atoms with Gasteiger partial charge in [-0.05, 0) is 53.4 Å². The third kappa shape index (κ3) is 4.29. The predicted molar refractivity (Wildman–Crippen MR) is 128 cm³/mol. The Balaban J connectivity index is 1.88. The summed E-state index contributed by atoms with van der Waals surface area (Å²) in [5.74, 6) is -0.955. The van der Waals surface area contributed by atoms with Crippen LogP contribution in [0.25, 0.3) is 5.76 Å². The monoisotopic (exact) mass is 457 g/mol. The lowest BCUT2D eigenvalue weighted by Gasteiger charge is -2.25. The number of aromatic nitrogens is 2. The van der Waals surface area contributed by atoms with Crippen molar-refractivity contribution >= 4 is 17.4 Å². The Morgan fingerprint density at radius 2 is 1.79 bits per heavy atom. The number of ketones is 1. The first-order valence-electron chi connectivity index (χ1n) is 11.0. The first kappa shape index (κ1) is 23.2. The average Bonchev–Trinajstić information content (AvgIpc) is 3.08. The van der Waals surface area contributed by atoms with E-state index in [0.717, 1.165) is 5.56 Å². The molecule has 3 heterocycles. The van der Waals surface area contributed by atoms with E-state index in [2.05, 4.69) is 9.97 Å². The molecule has 7 nitrogen and oxygen atoms in total. The maximum absolute atomic E-state index is 13.2. The SMILES string of the molecule is COc1ccc(/C(O)=C2/C(=O)C(=O)N(Cc3ccccn3)C2c2ccncc2)cc1C(C)(C)C. The topological polar surface area (TPSA) is 92.6 Å². The van der Waals surface area contributed by atoms with Crippen LogP contribution in [-0.2, 0) is 21.5 Å². The molecule has 0 bridgehead atoms. The number of aliphatic hydroxyl groups is 1. The molecule has 1 amide bonds. The Morgan fingerprint density at radius 3 is 2.41 bits per heavy atom. The molecule has 1 aliphatic heterocycles. The van der Waals surface area contributed by atoms with Crippen LogP contribution in [0.3, 0.4) is 0 Å². The Labute approximate surface area is 198 Å². The fourth-order valence-corrected chi connectivity index (χ4v) is 4.20. The van der Waals surface area contributed by atoms with Crippen molar-refractivity contribution in [2.24, 2.45) is 0 Å². The van der Waals surface area contributed by atoms with Crippen molar-refractivity contribution in [1.29, 1.82) is 0 Å². The molecule has 4 rings (SSSR count). The van der Waals surface area contributed by atoms with Crippen LogP contribution in [0.4, 0.5) is 0 Å². The zero-order chi connectivity index (χ0) is 24.5. The summed E-state index contributed by atoms with van der Waals surface area (Å²) in [6.45, 7) is 6.25. The van der Waals surface area contributed by atoms with Gasteiger partial charge in [-0.25, -0.2) is 0 Å². The fourth-order valence-electron chi connectivity index (χ4n) is 4.20. The van der Waals surface area contributed by atoms with Gasteiger partial charge in [0.1, 0.15) is 11.5 Å². The maximum Gasteiger partial charge on any atom is 0.296 e. The van der Waals surface area contributed by atoms with Gasteiger partial charge in [-0.2, -0.15) is 0 Å². The van der Waals surface area contributed by atoms with Crippen molar-refractivity contribution in [1.82, 2.24) is 14.9 Å². The number of benzene rings is 1. The number of hydrogen-bond donors (Lipinski definition) is 1. The van der Waals surface area contributed by atoms with E-state index in [9.17, 15) is 14.7 Å². The molecule has 1 aliphatic rings. The van der Waals surface area contributed by atoms with E-state index >= 15 is 0 Å². The van der Waals surface area contributed by atoms with Crippen LogP contribution in [-0.4, -0.2) is 38.8 Å². The summed E-state index contributed by atoms with van der Waals surface area (Å²) in [4.78, 5) is 36.2. The van der Waals surface area contributed by atoms with E-state index < -0.39 is 17.7 Å². The fraction of sp³-hybridized carbons (Fsp3) is 0.259. The van der Waals surface area contributed by atoms with E-state index in [-0.39, 0.29) is 23.3 Å². The van der Waals surface area contributed by atoms with Gasteiger partial charge in [0.15, 0.2) is 0 Å².